The van der Waals surface area contributed by atoms with E-state index in [1.54, 1.807) is 7.11 Å². The summed E-state index contributed by atoms with van der Waals surface area (Å²) in [6, 6.07) is 0. The van der Waals surface area contributed by atoms with Crippen molar-refractivity contribution in [1.29, 1.82) is 0 Å². The predicted molar refractivity (Wildman–Crippen MR) is 97.5 cm³/mol. The molecule has 1 saturated carbocycles. The van der Waals surface area contributed by atoms with Crippen LogP contribution in [0.1, 0.15) is 49.7 Å². The largest absolute Gasteiger partial charge is 0.385 e. The van der Waals surface area contributed by atoms with Crippen molar-refractivity contribution in [3.63, 3.8) is 0 Å². The molecule has 0 spiro atoms. The first-order valence-corrected chi connectivity index (χ1v) is 10.1. The molecule has 1 aromatic rings. The molecule has 4 rings (SSSR count). The first kappa shape index (κ1) is 18.8. The molecule has 2 saturated heterocycles. The number of methoxy groups -OCH3 is 1. The summed E-state index contributed by atoms with van der Waals surface area (Å²) in [6.07, 6.45) is 4.98. The van der Waals surface area contributed by atoms with E-state index in [0.717, 1.165) is 63.5 Å². The monoisotopic (exact) mass is 378 g/mol. The molecule has 1 aromatic heterocycles. The van der Waals surface area contributed by atoms with Crippen molar-refractivity contribution in [1.82, 2.24) is 19.9 Å². The average molecular weight is 378 g/mol. The van der Waals surface area contributed by atoms with E-state index in [2.05, 4.69) is 10.1 Å². The van der Waals surface area contributed by atoms with Crippen molar-refractivity contribution >= 4 is 5.91 Å². The Hall–Kier alpha value is -1.51. The molecule has 1 amide bonds. The van der Waals surface area contributed by atoms with Crippen LogP contribution in [0.2, 0.25) is 0 Å². The fourth-order valence-electron chi connectivity index (χ4n) is 4.14. The van der Waals surface area contributed by atoms with Crippen LogP contribution >= 0.6 is 0 Å². The number of hydrogen-bond donors (Lipinski definition) is 0. The van der Waals surface area contributed by atoms with Gasteiger partial charge in [-0.05, 0) is 32.1 Å². The molecule has 150 valence electrons. The smallest absolute Gasteiger partial charge is 0.236 e. The molecule has 0 bridgehead atoms. The molecule has 1 unspecified atom stereocenters. The van der Waals surface area contributed by atoms with E-state index in [1.807, 2.05) is 4.90 Å². The zero-order valence-corrected chi connectivity index (χ0v) is 16.2. The van der Waals surface area contributed by atoms with Gasteiger partial charge in [-0.15, -0.1) is 0 Å². The number of rotatable bonds is 7. The number of carbonyl (C=O) groups is 1. The Labute approximate surface area is 160 Å². The van der Waals surface area contributed by atoms with Gasteiger partial charge in [0, 0.05) is 45.8 Å². The van der Waals surface area contributed by atoms with Crippen molar-refractivity contribution in [2.75, 3.05) is 59.7 Å². The number of amides is 1. The highest BCUT2D eigenvalue weighted by atomic mass is 16.5. The van der Waals surface area contributed by atoms with Gasteiger partial charge in [0.1, 0.15) is 0 Å². The van der Waals surface area contributed by atoms with E-state index in [4.69, 9.17) is 19.0 Å². The number of morpholine rings is 1. The van der Waals surface area contributed by atoms with E-state index >= 15 is 0 Å². The maximum Gasteiger partial charge on any atom is 0.236 e. The fourth-order valence-corrected chi connectivity index (χ4v) is 4.14. The van der Waals surface area contributed by atoms with Crippen LogP contribution in [0.3, 0.4) is 0 Å². The van der Waals surface area contributed by atoms with Crippen molar-refractivity contribution < 1.29 is 18.8 Å². The molecule has 27 heavy (non-hydrogen) atoms. The lowest BCUT2D eigenvalue weighted by Gasteiger charge is -2.41. The third-order valence-corrected chi connectivity index (χ3v) is 6.02. The minimum Gasteiger partial charge on any atom is -0.385 e. The Kier molecular flexibility index (Phi) is 5.75. The molecule has 2 aliphatic heterocycles. The third-order valence-electron chi connectivity index (χ3n) is 6.02. The molecule has 8 heteroatoms. The van der Waals surface area contributed by atoms with E-state index in [1.165, 1.54) is 0 Å². The lowest BCUT2D eigenvalue weighted by Crippen LogP contribution is -2.52. The summed E-state index contributed by atoms with van der Waals surface area (Å²) in [5.74, 6) is 2.14. The van der Waals surface area contributed by atoms with E-state index < -0.39 is 0 Å². The number of ether oxygens (including phenoxy) is 2. The number of nitrogens with zero attached hydrogens (tertiary/aromatic N) is 4. The summed E-state index contributed by atoms with van der Waals surface area (Å²) in [7, 11) is 1.71. The normalized spacial score (nSPS) is 27.1. The van der Waals surface area contributed by atoms with E-state index in [0.29, 0.717) is 38.8 Å². The lowest BCUT2D eigenvalue weighted by atomic mass is 9.76. The van der Waals surface area contributed by atoms with Crippen molar-refractivity contribution in [2.45, 2.75) is 43.4 Å². The fraction of sp³-hybridized carbons (Fsp3) is 0.842. The molecule has 8 nitrogen and oxygen atoms in total. The number of piperidine rings is 1. The maximum absolute atomic E-state index is 12.9. The summed E-state index contributed by atoms with van der Waals surface area (Å²) < 4.78 is 16.3. The van der Waals surface area contributed by atoms with Gasteiger partial charge in [-0.3, -0.25) is 9.69 Å². The molecule has 0 radical (unpaired) electrons. The van der Waals surface area contributed by atoms with E-state index in [9.17, 15) is 4.79 Å². The molecule has 1 atom stereocenters. The third kappa shape index (κ3) is 4.33. The van der Waals surface area contributed by atoms with Gasteiger partial charge < -0.3 is 18.9 Å². The van der Waals surface area contributed by atoms with Crippen LogP contribution in [-0.2, 0) is 19.7 Å². The highest BCUT2D eigenvalue weighted by Gasteiger charge is 2.43. The van der Waals surface area contributed by atoms with Gasteiger partial charge in [-0.2, -0.15) is 4.98 Å². The van der Waals surface area contributed by atoms with Crippen LogP contribution in [0, 0.1) is 0 Å². The second-order valence-corrected chi connectivity index (χ2v) is 8.06. The summed E-state index contributed by atoms with van der Waals surface area (Å²) in [6.45, 7) is 5.58. The van der Waals surface area contributed by atoms with Crippen molar-refractivity contribution in [3.8, 4) is 0 Å². The molecule has 0 N–H and O–H groups in total. The molecular weight excluding hydrogens is 348 g/mol. The molecule has 0 aromatic carbocycles. The standard InChI is InChI=1S/C19H30N4O4/c1-25-10-6-19(18-20-17(27-21-18)15-3-4-15)5-2-7-23(14-19)16(24)13-22-8-11-26-12-9-22/h15H,2-14H2,1H3. The van der Waals surface area contributed by atoms with Crippen LogP contribution in [0.25, 0.3) is 0 Å². The van der Waals surface area contributed by atoms with Gasteiger partial charge in [-0.25, -0.2) is 0 Å². The Bertz CT molecular complexity index is 641. The van der Waals surface area contributed by atoms with Crippen molar-refractivity contribution in [2.24, 2.45) is 0 Å². The maximum atomic E-state index is 12.9. The topological polar surface area (TPSA) is 80.9 Å². The Balaban J connectivity index is 1.47. The number of carbonyl (C=O) groups excluding carboxylic acids is 1. The van der Waals surface area contributed by atoms with Crippen molar-refractivity contribution in [3.05, 3.63) is 11.7 Å². The highest BCUT2D eigenvalue weighted by Crippen LogP contribution is 2.41. The lowest BCUT2D eigenvalue weighted by molar-refractivity contribution is -0.136. The number of likely N-dealkylation sites (tertiary alicyclic amines) is 1. The van der Waals surface area contributed by atoms with Gasteiger partial charge in [0.2, 0.25) is 11.8 Å². The second-order valence-electron chi connectivity index (χ2n) is 8.06. The second kappa shape index (κ2) is 8.24. The zero-order valence-electron chi connectivity index (χ0n) is 16.2. The number of hydrogen-bond acceptors (Lipinski definition) is 7. The summed E-state index contributed by atoms with van der Waals surface area (Å²) in [5.41, 5.74) is -0.272. The van der Waals surface area contributed by atoms with Gasteiger partial charge in [0.05, 0.1) is 25.2 Å². The van der Waals surface area contributed by atoms with Crippen LogP contribution in [-0.4, -0.2) is 85.5 Å². The zero-order chi connectivity index (χ0) is 18.7. The Morgan fingerprint density at radius 3 is 2.85 bits per heavy atom. The summed E-state index contributed by atoms with van der Waals surface area (Å²) in [5, 5.41) is 4.33. The van der Waals surface area contributed by atoms with Gasteiger partial charge >= 0.3 is 0 Å². The SMILES string of the molecule is COCCC1(c2noc(C3CC3)n2)CCCN(C(=O)CN2CCOCC2)C1. The average Bonchev–Trinajstić information content (AvgIpc) is 3.43. The molecule has 3 heterocycles. The summed E-state index contributed by atoms with van der Waals surface area (Å²) in [4.78, 5) is 21.8. The van der Waals surface area contributed by atoms with Crippen LogP contribution in [0.4, 0.5) is 0 Å². The molecular formula is C19H30N4O4. The first-order valence-electron chi connectivity index (χ1n) is 10.1. The van der Waals surface area contributed by atoms with Crippen LogP contribution in [0.5, 0.6) is 0 Å². The number of aromatic nitrogens is 2. The molecule has 3 aliphatic rings. The van der Waals surface area contributed by atoms with Gasteiger partial charge in [-0.1, -0.05) is 5.16 Å². The summed E-state index contributed by atoms with van der Waals surface area (Å²) >= 11 is 0. The molecule has 1 aliphatic carbocycles. The van der Waals surface area contributed by atoms with Crippen LogP contribution in [0.15, 0.2) is 4.52 Å². The van der Waals surface area contributed by atoms with Gasteiger partial charge in [0.15, 0.2) is 5.82 Å². The van der Waals surface area contributed by atoms with E-state index in [-0.39, 0.29) is 11.3 Å². The molecule has 3 fully saturated rings. The predicted octanol–water partition coefficient (Wildman–Crippen LogP) is 1.18. The minimum atomic E-state index is -0.272. The Morgan fingerprint density at radius 1 is 1.30 bits per heavy atom. The van der Waals surface area contributed by atoms with Crippen LogP contribution < -0.4 is 0 Å². The highest BCUT2D eigenvalue weighted by molar-refractivity contribution is 5.78. The first-order chi connectivity index (χ1) is 13.2. The van der Waals surface area contributed by atoms with Gasteiger partial charge in [0.25, 0.3) is 0 Å². The Morgan fingerprint density at radius 2 is 2.11 bits per heavy atom. The quantitative estimate of drug-likeness (QED) is 0.705. The minimum absolute atomic E-state index is 0.185.